The number of hydrogen-bond donors (Lipinski definition) is 1. The van der Waals surface area contributed by atoms with Crippen molar-refractivity contribution in [1.29, 1.82) is 0 Å². The first kappa shape index (κ1) is 18.8. The second-order valence-corrected chi connectivity index (χ2v) is 6.74. The SMILES string of the molecule is CC(=O)OC[C@H]1O[C@H](O)C[C@H](OC(C)=O)[C@@H]1SCc1ccccc1. The molecule has 0 saturated carbocycles. The molecule has 1 saturated heterocycles. The molecular formula is C17H22O6S. The quantitative estimate of drug-likeness (QED) is 0.781. The van der Waals surface area contributed by atoms with Crippen LogP contribution in [-0.4, -0.2) is 47.4 Å². The number of thioether (sulfide) groups is 1. The van der Waals surface area contributed by atoms with Gasteiger partial charge in [-0.15, -0.1) is 11.8 Å². The van der Waals surface area contributed by atoms with Gasteiger partial charge in [0.15, 0.2) is 6.29 Å². The van der Waals surface area contributed by atoms with Crippen molar-refractivity contribution < 1.29 is 28.9 Å². The molecule has 1 aromatic rings. The Bertz CT molecular complexity index is 549. The second-order valence-electron chi connectivity index (χ2n) is 5.58. The van der Waals surface area contributed by atoms with Crippen LogP contribution >= 0.6 is 11.8 Å². The molecule has 0 amide bonds. The molecule has 1 aliphatic rings. The zero-order chi connectivity index (χ0) is 17.5. The van der Waals surface area contributed by atoms with Gasteiger partial charge >= 0.3 is 11.9 Å². The van der Waals surface area contributed by atoms with Gasteiger partial charge in [-0.25, -0.2) is 0 Å². The van der Waals surface area contributed by atoms with Crippen molar-refractivity contribution in [2.24, 2.45) is 0 Å². The van der Waals surface area contributed by atoms with Crippen molar-refractivity contribution in [1.82, 2.24) is 0 Å². The number of carbonyl (C=O) groups excluding carboxylic acids is 2. The predicted octanol–water partition coefficient (Wildman–Crippen LogP) is 1.89. The highest BCUT2D eigenvalue weighted by molar-refractivity contribution is 7.99. The molecule has 0 spiro atoms. The van der Waals surface area contributed by atoms with E-state index in [1.165, 1.54) is 13.8 Å². The van der Waals surface area contributed by atoms with Crippen molar-refractivity contribution in [2.45, 2.75) is 49.8 Å². The second kappa shape index (κ2) is 9.05. The van der Waals surface area contributed by atoms with Gasteiger partial charge < -0.3 is 19.3 Å². The minimum absolute atomic E-state index is 0.0105. The van der Waals surface area contributed by atoms with E-state index >= 15 is 0 Å². The van der Waals surface area contributed by atoms with Crippen molar-refractivity contribution in [3.8, 4) is 0 Å². The average molecular weight is 354 g/mol. The van der Waals surface area contributed by atoms with Gasteiger partial charge in [0, 0.05) is 26.0 Å². The number of benzene rings is 1. The number of esters is 2. The van der Waals surface area contributed by atoms with E-state index in [9.17, 15) is 14.7 Å². The molecule has 132 valence electrons. The van der Waals surface area contributed by atoms with E-state index in [1.54, 1.807) is 11.8 Å². The largest absolute Gasteiger partial charge is 0.463 e. The molecule has 24 heavy (non-hydrogen) atoms. The van der Waals surface area contributed by atoms with E-state index in [0.29, 0.717) is 5.75 Å². The maximum absolute atomic E-state index is 11.4. The highest BCUT2D eigenvalue weighted by atomic mass is 32.2. The monoisotopic (exact) mass is 354 g/mol. The van der Waals surface area contributed by atoms with Crippen LogP contribution in [0.1, 0.15) is 25.8 Å². The fourth-order valence-electron chi connectivity index (χ4n) is 2.55. The Morgan fingerprint density at radius 2 is 1.96 bits per heavy atom. The predicted molar refractivity (Wildman–Crippen MR) is 89.2 cm³/mol. The van der Waals surface area contributed by atoms with Gasteiger partial charge in [0.1, 0.15) is 18.8 Å². The lowest BCUT2D eigenvalue weighted by Crippen LogP contribution is -2.50. The minimum atomic E-state index is -1.05. The zero-order valence-corrected chi connectivity index (χ0v) is 14.5. The number of ether oxygens (including phenoxy) is 3. The lowest BCUT2D eigenvalue weighted by atomic mass is 10.0. The third-order valence-corrected chi connectivity index (χ3v) is 5.04. The molecule has 1 fully saturated rings. The summed E-state index contributed by atoms with van der Waals surface area (Å²) < 4.78 is 15.9. The van der Waals surface area contributed by atoms with Gasteiger partial charge in [-0.1, -0.05) is 30.3 Å². The maximum atomic E-state index is 11.4. The molecule has 0 aliphatic carbocycles. The van der Waals surface area contributed by atoms with Crippen molar-refractivity contribution in [3.63, 3.8) is 0 Å². The van der Waals surface area contributed by atoms with Crippen molar-refractivity contribution in [2.75, 3.05) is 6.61 Å². The van der Waals surface area contributed by atoms with Crippen LogP contribution in [0.2, 0.25) is 0 Å². The molecule has 0 unspecified atom stereocenters. The smallest absolute Gasteiger partial charge is 0.302 e. The average Bonchev–Trinajstić information content (AvgIpc) is 2.52. The van der Waals surface area contributed by atoms with Crippen molar-refractivity contribution in [3.05, 3.63) is 35.9 Å². The first-order chi connectivity index (χ1) is 11.5. The summed E-state index contributed by atoms with van der Waals surface area (Å²) in [6.07, 6.45) is -1.90. The number of carbonyl (C=O) groups is 2. The Hall–Kier alpha value is -1.57. The first-order valence-electron chi connectivity index (χ1n) is 7.75. The fourth-order valence-corrected chi connectivity index (χ4v) is 3.87. The van der Waals surface area contributed by atoms with Gasteiger partial charge in [-0.3, -0.25) is 9.59 Å². The Morgan fingerprint density at radius 3 is 2.58 bits per heavy atom. The van der Waals surface area contributed by atoms with E-state index in [2.05, 4.69) is 0 Å². The highest BCUT2D eigenvalue weighted by Crippen LogP contribution is 2.33. The van der Waals surface area contributed by atoms with Crippen LogP contribution in [0, 0.1) is 0 Å². The van der Waals surface area contributed by atoms with E-state index in [1.807, 2.05) is 30.3 Å². The maximum Gasteiger partial charge on any atom is 0.302 e. The van der Waals surface area contributed by atoms with E-state index in [0.717, 1.165) is 5.56 Å². The molecule has 4 atom stereocenters. The molecule has 6 nitrogen and oxygen atoms in total. The normalized spacial score (nSPS) is 26.6. The molecule has 1 N–H and O–H groups in total. The van der Waals surface area contributed by atoms with Crippen LogP contribution in [0.5, 0.6) is 0 Å². The summed E-state index contributed by atoms with van der Waals surface area (Å²) in [6.45, 7) is 2.66. The highest BCUT2D eigenvalue weighted by Gasteiger charge is 2.41. The molecule has 0 radical (unpaired) electrons. The van der Waals surface area contributed by atoms with Gasteiger partial charge in [-0.2, -0.15) is 0 Å². The molecule has 7 heteroatoms. The first-order valence-corrected chi connectivity index (χ1v) is 8.80. The lowest BCUT2D eigenvalue weighted by Gasteiger charge is -2.39. The third-order valence-electron chi connectivity index (χ3n) is 3.55. The van der Waals surface area contributed by atoms with Gasteiger partial charge in [-0.05, 0) is 5.56 Å². The summed E-state index contributed by atoms with van der Waals surface area (Å²) in [5.41, 5.74) is 1.13. The topological polar surface area (TPSA) is 82.1 Å². The Balaban J connectivity index is 2.08. The number of rotatable bonds is 6. The molecule has 1 aromatic carbocycles. The molecule has 1 aliphatic heterocycles. The summed E-state index contributed by atoms with van der Waals surface area (Å²) >= 11 is 1.56. The number of aliphatic hydroxyl groups excluding tert-OH is 1. The number of aliphatic hydroxyl groups is 1. The van der Waals surface area contributed by atoms with Crippen LogP contribution < -0.4 is 0 Å². The Kier molecular flexibility index (Phi) is 7.08. The fraction of sp³-hybridized carbons (Fsp3) is 0.529. The van der Waals surface area contributed by atoms with Crippen LogP contribution in [0.25, 0.3) is 0 Å². The van der Waals surface area contributed by atoms with Crippen LogP contribution in [0.4, 0.5) is 0 Å². The summed E-state index contributed by atoms with van der Waals surface area (Å²) in [5, 5.41) is 9.63. The molecule has 0 bridgehead atoms. The van der Waals surface area contributed by atoms with Crippen LogP contribution in [0.15, 0.2) is 30.3 Å². The molecule has 0 aromatic heterocycles. The van der Waals surface area contributed by atoms with Gasteiger partial charge in [0.2, 0.25) is 0 Å². The standard InChI is InChI=1S/C17H22O6S/c1-11(18)21-9-15-17(24-10-13-6-4-3-5-7-13)14(22-12(2)19)8-16(20)23-15/h3-7,14-17,20H,8-10H2,1-2H3/t14-,15+,16-,17-/m0/s1. The molecular weight excluding hydrogens is 332 g/mol. The summed E-state index contributed by atoms with van der Waals surface area (Å²) in [4.78, 5) is 22.5. The lowest BCUT2D eigenvalue weighted by molar-refractivity contribution is -0.207. The Labute approximate surface area is 145 Å². The van der Waals surface area contributed by atoms with Crippen LogP contribution in [0.3, 0.4) is 0 Å². The van der Waals surface area contributed by atoms with Crippen molar-refractivity contribution >= 4 is 23.7 Å². The summed E-state index contributed by atoms with van der Waals surface area (Å²) in [7, 11) is 0. The van der Waals surface area contributed by atoms with E-state index in [-0.39, 0.29) is 18.3 Å². The van der Waals surface area contributed by atoms with E-state index < -0.39 is 30.4 Å². The third kappa shape index (κ3) is 5.81. The van der Waals surface area contributed by atoms with Crippen LogP contribution in [-0.2, 0) is 29.6 Å². The minimum Gasteiger partial charge on any atom is -0.463 e. The summed E-state index contributed by atoms with van der Waals surface area (Å²) in [5.74, 6) is -0.139. The molecule has 1 heterocycles. The number of hydrogen-bond acceptors (Lipinski definition) is 7. The van der Waals surface area contributed by atoms with Gasteiger partial charge in [0.05, 0.1) is 5.25 Å². The Morgan fingerprint density at radius 1 is 1.25 bits per heavy atom. The van der Waals surface area contributed by atoms with Gasteiger partial charge in [0.25, 0.3) is 0 Å². The summed E-state index contributed by atoms with van der Waals surface area (Å²) in [6, 6.07) is 9.87. The van der Waals surface area contributed by atoms with E-state index in [4.69, 9.17) is 14.2 Å². The molecule has 2 rings (SSSR count). The zero-order valence-electron chi connectivity index (χ0n) is 13.7.